The third-order valence-electron chi connectivity index (χ3n) is 4.26. The zero-order valence-electron chi connectivity index (χ0n) is 13.2. The molecule has 0 bridgehead atoms. The normalized spacial score (nSPS) is 13.6. The minimum absolute atomic E-state index is 0.0252. The second-order valence-electron chi connectivity index (χ2n) is 5.93. The summed E-state index contributed by atoms with van der Waals surface area (Å²) < 4.78 is 0. The Kier molecular flexibility index (Phi) is 3.86. The number of ketones is 1. The molecule has 1 aromatic carbocycles. The molecule has 5 nitrogen and oxygen atoms in total. The molecule has 0 atom stereocenters. The van der Waals surface area contributed by atoms with Gasteiger partial charge < -0.3 is 10.3 Å². The first kappa shape index (κ1) is 15.2. The van der Waals surface area contributed by atoms with Crippen LogP contribution in [-0.2, 0) is 6.42 Å². The zero-order chi connectivity index (χ0) is 16.6. The molecule has 0 saturated carbocycles. The van der Waals surface area contributed by atoms with Gasteiger partial charge in [-0.05, 0) is 56.0 Å². The summed E-state index contributed by atoms with van der Waals surface area (Å²) in [5.41, 5.74) is 3.41. The van der Waals surface area contributed by atoms with Crippen molar-refractivity contribution in [1.29, 1.82) is 0 Å². The van der Waals surface area contributed by atoms with Crippen LogP contribution in [0.3, 0.4) is 0 Å². The summed E-state index contributed by atoms with van der Waals surface area (Å²) in [5, 5.41) is 2.72. The number of amides is 1. The number of anilines is 1. The summed E-state index contributed by atoms with van der Waals surface area (Å²) in [4.78, 5) is 39.1. The molecule has 2 N–H and O–H groups in total. The zero-order valence-corrected chi connectivity index (χ0v) is 13.2. The number of carbonyl (C=O) groups is 2. The minimum atomic E-state index is -0.504. The number of hydrogen-bond donors (Lipinski definition) is 2. The highest BCUT2D eigenvalue weighted by Crippen LogP contribution is 2.19. The molecule has 1 heterocycles. The van der Waals surface area contributed by atoms with Crippen LogP contribution in [0.4, 0.5) is 5.69 Å². The minimum Gasteiger partial charge on any atom is -0.325 e. The van der Waals surface area contributed by atoms with E-state index < -0.39 is 11.5 Å². The van der Waals surface area contributed by atoms with Gasteiger partial charge in [-0.25, -0.2) is 0 Å². The Hall–Kier alpha value is -2.69. The van der Waals surface area contributed by atoms with Crippen LogP contribution in [0.15, 0.2) is 29.1 Å². The number of pyridine rings is 1. The van der Waals surface area contributed by atoms with Gasteiger partial charge in [-0.15, -0.1) is 0 Å². The van der Waals surface area contributed by atoms with Gasteiger partial charge in [-0.2, -0.15) is 0 Å². The lowest BCUT2D eigenvalue weighted by molar-refractivity contribution is 0.0971. The third kappa shape index (κ3) is 2.95. The Balaban J connectivity index is 1.93. The average molecular weight is 310 g/mol. The highest BCUT2D eigenvalue weighted by atomic mass is 16.2. The van der Waals surface area contributed by atoms with E-state index in [0.29, 0.717) is 29.8 Å². The molecule has 5 heteroatoms. The fraction of sp³-hybridized carbons (Fsp3) is 0.278. The number of rotatable bonds is 2. The quantitative estimate of drug-likeness (QED) is 0.895. The first-order chi connectivity index (χ1) is 11.0. The first-order valence-corrected chi connectivity index (χ1v) is 7.63. The van der Waals surface area contributed by atoms with Gasteiger partial charge in [0, 0.05) is 23.4 Å². The topological polar surface area (TPSA) is 79.0 Å². The number of aromatic nitrogens is 1. The van der Waals surface area contributed by atoms with Crippen molar-refractivity contribution in [2.75, 3.05) is 5.32 Å². The third-order valence-corrected chi connectivity index (χ3v) is 4.26. The molecule has 0 saturated heterocycles. The van der Waals surface area contributed by atoms with Crippen molar-refractivity contribution in [3.63, 3.8) is 0 Å². The van der Waals surface area contributed by atoms with Gasteiger partial charge in [-0.3, -0.25) is 14.4 Å². The highest BCUT2D eigenvalue weighted by Gasteiger charge is 2.22. The molecule has 1 aliphatic rings. The van der Waals surface area contributed by atoms with E-state index >= 15 is 0 Å². The fourth-order valence-electron chi connectivity index (χ4n) is 2.76. The maximum Gasteiger partial charge on any atom is 0.261 e. The van der Waals surface area contributed by atoms with E-state index in [1.54, 1.807) is 6.07 Å². The first-order valence-electron chi connectivity index (χ1n) is 7.63. The van der Waals surface area contributed by atoms with Crippen molar-refractivity contribution in [1.82, 2.24) is 4.98 Å². The Labute approximate surface area is 133 Å². The predicted molar refractivity (Wildman–Crippen MR) is 88.2 cm³/mol. The number of benzene rings is 1. The molecule has 0 unspecified atom stereocenters. The summed E-state index contributed by atoms with van der Waals surface area (Å²) in [7, 11) is 0. The number of H-pyrrole nitrogens is 1. The van der Waals surface area contributed by atoms with Crippen LogP contribution in [0, 0.1) is 13.8 Å². The second kappa shape index (κ2) is 5.83. The number of fused-ring (bicyclic) bond motifs is 1. The molecule has 0 fully saturated rings. The van der Waals surface area contributed by atoms with Crippen LogP contribution >= 0.6 is 0 Å². The Morgan fingerprint density at radius 1 is 1.09 bits per heavy atom. The monoisotopic (exact) mass is 310 g/mol. The summed E-state index contributed by atoms with van der Waals surface area (Å²) >= 11 is 0. The smallest absolute Gasteiger partial charge is 0.261 e. The average Bonchev–Trinajstić information content (AvgIpc) is 2.50. The molecule has 1 aliphatic carbocycles. The lowest BCUT2D eigenvalue weighted by Crippen LogP contribution is -2.27. The SMILES string of the molecule is Cc1ccc(NC(=O)c2cc3c([nH]c2=O)CCCC3=O)cc1C. The van der Waals surface area contributed by atoms with Crippen molar-refractivity contribution in [3.05, 3.63) is 62.6 Å². The Morgan fingerprint density at radius 2 is 1.87 bits per heavy atom. The molecule has 0 spiro atoms. The maximum absolute atomic E-state index is 12.4. The van der Waals surface area contributed by atoms with Gasteiger partial charge in [0.1, 0.15) is 5.56 Å². The molecule has 23 heavy (non-hydrogen) atoms. The van der Waals surface area contributed by atoms with E-state index in [2.05, 4.69) is 10.3 Å². The van der Waals surface area contributed by atoms with Crippen molar-refractivity contribution >= 4 is 17.4 Å². The molecule has 0 radical (unpaired) electrons. The number of aryl methyl sites for hydroxylation is 3. The van der Waals surface area contributed by atoms with Crippen LogP contribution in [0.5, 0.6) is 0 Å². The van der Waals surface area contributed by atoms with E-state index in [-0.39, 0.29) is 11.3 Å². The predicted octanol–water partition coefficient (Wildman–Crippen LogP) is 2.76. The van der Waals surface area contributed by atoms with Gasteiger partial charge in [0.15, 0.2) is 5.78 Å². The van der Waals surface area contributed by atoms with Crippen LogP contribution in [0.2, 0.25) is 0 Å². The number of hydrogen-bond acceptors (Lipinski definition) is 3. The lowest BCUT2D eigenvalue weighted by Gasteiger charge is -2.15. The Bertz CT molecular complexity index is 865. The molecule has 118 valence electrons. The molecular formula is C18H18N2O3. The number of nitrogens with one attached hydrogen (secondary N) is 2. The summed E-state index contributed by atoms with van der Waals surface area (Å²) in [6.45, 7) is 3.94. The van der Waals surface area contributed by atoms with Gasteiger partial charge in [0.2, 0.25) is 0 Å². The maximum atomic E-state index is 12.4. The van der Waals surface area contributed by atoms with Gasteiger partial charge in [0.05, 0.1) is 0 Å². The lowest BCUT2D eigenvalue weighted by atomic mass is 9.93. The fourth-order valence-corrected chi connectivity index (χ4v) is 2.76. The number of Topliss-reactive ketones (excluding diaryl/α,β-unsaturated/α-hetero) is 1. The summed E-state index contributed by atoms with van der Waals surface area (Å²) in [6.07, 6.45) is 1.85. The van der Waals surface area contributed by atoms with E-state index in [9.17, 15) is 14.4 Å². The standard InChI is InChI=1S/C18H18N2O3/c1-10-6-7-12(8-11(10)2)19-17(22)14-9-13-15(20-18(14)23)4-3-5-16(13)21/h6-9H,3-5H2,1-2H3,(H,19,22)(H,20,23). The molecular weight excluding hydrogens is 292 g/mol. The number of carbonyl (C=O) groups excluding carboxylic acids is 2. The van der Waals surface area contributed by atoms with Crippen LogP contribution in [0.25, 0.3) is 0 Å². The molecule has 3 rings (SSSR count). The van der Waals surface area contributed by atoms with Crippen molar-refractivity contribution in [2.24, 2.45) is 0 Å². The van der Waals surface area contributed by atoms with Gasteiger partial charge >= 0.3 is 0 Å². The van der Waals surface area contributed by atoms with E-state index in [1.807, 2.05) is 26.0 Å². The van der Waals surface area contributed by atoms with Crippen molar-refractivity contribution in [3.8, 4) is 0 Å². The summed E-state index contributed by atoms with van der Waals surface area (Å²) in [6, 6.07) is 6.97. The molecule has 1 amide bonds. The van der Waals surface area contributed by atoms with Gasteiger partial charge in [0.25, 0.3) is 11.5 Å². The summed E-state index contributed by atoms with van der Waals surface area (Å²) in [5.74, 6) is -0.529. The van der Waals surface area contributed by atoms with Crippen molar-refractivity contribution in [2.45, 2.75) is 33.1 Å². The van der Waals surface area contributed by atoms with Crippen LogP contribution in [0.1, 0.15) is 50.4 Å². The second-order valence-corrected chi connectivity index (χ2v) is 5.93. The van der Waals surface area contributed by atoms with E-state index in [1.165, 1.54) is 6.07 Å². The van der Waals surface area contributed by atoms with E-state index in [4.69, 9.17) is 0 Å². The Morgan fingerprint density at radius 3 is 2.61 bits per heavy atom. The van der Waals surface area contributed by atoms with Crippen molar-refractivity contribution < 1.29 is 9.59 Å². The highest BCUT2D eigenvalue weighted by molar-refractivity contribution is 6.06. The van der Waals surface area contributed by atoms with Gasteiger partial charge in [-0.1, -0.05) is 6.07 Å². The van der Waals surface area contributed by atoms with E-state index in [0.717, 1.165) is 17.5 Å². The molecule has 2 aromatic rings. The number of aromatic amines is 1. The largest absolute Gasteiger partial charge is 0.325 e. The molecule has 0 aliphatic heterocycles. The molecule has 1 aromatic heterocycles. The van der Waals surface area contributed by atoms with Crippen LogP contribution < -0.4 is 10.9 Å². The van der Waals surface area contributed by atoms with Crippen LogP contribution in [-0.4, -0.2) is 16.7 Å².